The van der Waals surface area contributed by atoms with Crippen molar-refractivity contribution in [3.8, 4) is 11.4 Å². The van der Waals surface area contributed by atoms with Gasteiger partial charge in [0.05, 0.1) is 0 Å². The molecule has 0 spiro atoms. The number of nitrogens with zero attached hydrogens (tertiary/aromatic N) is 4. The standard InChI is InChI=1S/C9H6BrClN4O2/c10-6-1-5(2-7(11)3-6)9-12-13-14-15(9)4-8(16)17/h1-3H,4H2,(H,16,17). The molecule has 0 bridgehead atoms. The van der Waals surface area contributed by atoms with Gasteiger partial charge in [0, 0.05) is 15.1 Å². The minimum atomic E-state index is -1.01. The number of benzene rings is 1. The largest absolute Gasteiger partial charge is 0.480 e. The first-order valence-corrected chi connectivity index (χ1v) is 5.68. The second-order valence-electron chi connectivity index (χ2n) is 3.21. The molecule has 0 aliphatic rings. The van der Waals surface area contributed by atoms with Crippen LogP contribution in [0.25, 0.3) is 11.4 Å². The van der Waals surface area contributed by atoms with Gasteiger partial charge in [0.15, 0.2) is 5.82 Å². The van der Waals surface area contributed by atoms with Crippen molar-refractivity contribution in [2.45, 2.75) is 6.54 Å². The number of tetrazole rings is 1. The number of hydrogen-bond donors (Lipinski definition) is 1. The Bertz CT molecular complexity index is 552. The fourth-order valence-electron chi connectivity index (χ4n) is 1.33. The molecule has 88 valence electrons. The quantitative estimate of drug-likeness (QED) is 0.934. The number of carbonyl (C=O) groups is 1. The van der Waals surface area contributed by atoms with E-state index in [1.165, 1.54) is 4.68 Å². The van der Waals surface area contributed by atoms with Gasteiger partial charge < -0.3 is 5.11 Å². The molecule has 6 nitrogen and oxygen atoms in total. The summed E-state index contributed by atoms with van der Waals surface area (Å²) in [5.41, 5.74) is 0.649. The van der Waals surface area contributed by atoms with Crippen LogP contribution in [0.1, 0.15) is 0 Å². The molecule has 0 amide bonds. The highest BCUT2D eigenvalue weighted by molar-refractivity contribution is 9.10. The normalized spacial score (nSPS) is 10.5. The average molecular weight is 318 g/mol. The highest BCUT2D eigenvalue weighted by atomic mass is 79.9. The van der Waals surface area contributed by atoms with Gasteiger partial charge in [-0.05, 0) is 28.6 Å². The topological polar surface area (TPSA) is 80.9 Å². The lowest BCUT2D eigenvalue weighted by Gasteiger charge is -2.03. The molecule has 1 heterocycles. The molecule has 0 aliphatic carbocycles. The lowest BCUT2D eigenvalue weighted by atomic mass is 10.2. The summed E-state index contributed by atoms with van der Waals surface area (Å²) in [6.45, 7) is -0.299. The molecule has 0 unspecified atom stereocenters. The molecule has 0 fully saturated rings. The van der Waals surface area contributed by atoms with E-state index < -0.39 is 5.97 Å². The van der Waals surface area contributed by atoms with Gasteiger partial charge in [-0.1, -0.05) is 27.5 Å². The Morgan fingerprint density at radius 3 is 2.88 bits per heavy atom. The highest BCUT2D eigenvalue weighted by Crippen LogP contribution is 2.25. The maximum Gasteiger partial charge on any atom is 0.325 e. The van der Waals surface area contributed by atoms with Crippen LogP contribution in [0.5, 0.6) is 0 Å². The Kier molecular flexibility index (Phi) is 3.39. The van der Waals surface area contributed by atoms with Crippen molar-refractivity contribution in [3.63, 3.8) is 0 Å². The Morgan fingerprint density at radius 2 is 2.24 bits per heavy atom. The fourth-order valence-corrected chi connectivity index (χ4v) is 2.19. The Labute approximate surface area is 109 Å². The summed E-state index contributed by atoms with van der Waals surface area (Å²) >= 11 is 9.20. The van der Waals surface area contributed by atoms with Crippen molar-refractivity contribution in [1.29, 1.82) is 0 Å². The van der Waals surface area contributed by atoms with E-state index in [2.05, 4.69) is 31.5 Å². The summed E-state index contributed by atoms with van der Waals surface area (Å²) in [6.07, 6.45) is 0. The molecule has 0 saturated carbocycles. The van der Waals surface area contributed by atoms with Crippen molar-refractivity contribution in [2.75, 3.05) is 0 Å². The molecule has 2 aromatic rings. The summed E-state index contributed by atoms with van der Waals surface area (Å²) in [6, 6.07) is 5.14. The van der Waals surface area contributed by atoms with E-state index >= 15 is 0 Å². The third-order valence-corrected chi connectivity index (χ3v) is 2.61. The van der Waals surface area contributed by atoms with Crippen molar-refractivity contribution in [1.82, 2.24) is 20.2 Å². The van der Waals surface area contributed by atoms with E-state index in [9.17, 15) is 4.79 Å². The second-order valence-corrected chi connectivity index (χ2v) is 4.56. The minimum absolute atomic E-state index is 0.299. The van der Waals surface area contributed by atoms with Gasteiger partial charge in [-0.2, -0.15) is 0 Å². The third-order valence-electron chi connectivity index (χ3n) is 1.94. The summed E-state index contributed by atoms with van der Waals surface area (Å²) in [5.74, 6) is -0.657. The average Bonchev–Trinajstić information content (AvgIpc) is 2.63. The molecule has 0 aliphatic heterocycles. The molecular formula is C9H6BrClN4O2. The van der Waals surface area contributed by atoms with Gasteiger partial charge in [-0.3, -0.25) is 4.79 Å². The summed E-state index contributed by atoms with van der Waals surface area (Å²) in [4.78, 5) is 10.6. The Balaban J connectivity index is 2.45. The third kappa shape index (κ3) is 2.80. The van der Waals surface area contributed by atoms with Crippen LogP contribution in [0.15, 0.2) is 22.7 Å². The van der Waals surface area contributed by atoms with Crippen LogP contribution in [0, 0.1) is 0 Å². The van der Waals surface area contributed by atoms with E-state index in [1.54, 1.807) is 18.2 Å². The molecule has 2 rings (SSSR count). The first kappa shape index (κ1) is 12.0. The first-order valence-electron chi connectivity index (χ1n) is 4.50. The van der Waals surface area contributed by atoms with Crippen molar-refractivity contribution in [3.05, 3.63) is 27.7 Å². The lowest BCUT2D eigenvalue weighted by molar-refractivity contribution is -0.137. The number of carboxylic acids is 1. The van der Waals surface area contributed by atoms with Crippen LogP contribution in [-0.4, -0.2) is 31.3 Å². The fraction of sp³-hybridized carbons (Fsp3) is 0.111. The smallest absolute Gasteiger partial charge is 0.325 e. The van der Waals surface area contributed by atoms with Crippen LogP contribution in [-0.2, 0) is 11.3 Å². The number of aliphatic carboxylic acids is 1. The van der Waals surface area contributed by atoms with E-state index in [0.29, 0.717) is 16.4 Å². The molecule has 1 N–H and O–H groups in total. The summed E-state index contributed by atoms with van der Waals surface area (Å²) < 4.78 is 1.96. The maximum absolute atomic E-state index is 10.6. The van der Waals surface area contributed by atoms with E-state index in [4.69, 9.17) is 16.7 Å². The first-order chi connectivity index (χ1) is 8.06. The van der Waals surface area contributed by atoms with E-state index in [1.807, 2.05) is 0 Å². The van der Waals surface area contributed by atoms with Crippen molar-refractivity contribution >= 4 is 33.5 Å². The van der Waals surface area contributed by atoms with Gasteiger partial charge in [-0.25, -0.2) is 4.68 Å². The van der Waals surface area contributed by atoms with Crippen molar-refractivity contribution in [2.24, 2.45) is 0 Å². The molecule has 0 atom stereocenters. The zero-order valence-electron chi connectivity index (χ0n) is 8.34. The zero-order valence-corrected chi connectivity index (χ0v) is 10.7. The monoisotopic (exact) mass is 316 g/mol. The second kappa shape index (κ2) is 4.80. The number of carboxylic acid groups (broad SMARTS) is 1. The van der Waals surface area contributed by atoms with Crippen LogP contribution >= 0.6 is 27.5 Å². The van der Waals surface area contributed by atoms with Gasteiger partial charge in [0.1, 0.15) is 6.54 Å². The minimum Gasteiger partial charge on any atom is -0.480 e. The van der Waals surface area contributed by atoms with Gasteiger partial charge in [0.25, 0.3) is 0 Å². The molecule has 1 aromatic heterocycles. The van der Waals surface area contributed by atoms with Gasteiger partial charge >= 0.3 is 5.97 Å². The number of rotatable bonds is 3. The zero-order chi connectivity index (χ0) is 12.4. The van der Waals surface area contributed by atoms with Crippen molar-refractivity contribution < 1.29 is 9.90 Å². The summed E-state index contributed by atoms with van der Waals surface area (Å²) in [5, 5.41) is 20.1. The van der Waals surface area contributed by atoms with Crippen LogP contribution < -0.4 is 0 Å². The van der Waals surface area contributed by atoms with Gasteiger partial charge in [-0.15, -0.1) is 5.10 Å². The van der Waals surface area contributed by atoms with E-state index in [0.717, 1.165) is 4.47 Å². The predicted molar refractivity (Wildman–Crippen MR) is 63.6 cm³/mol. The number of halogens is 2. The summed E-state index contributed by atoms with van der Waals surface area (Å²) in [7, 11) is 0. The molecular weight excluding hydrogens is 311 g/mol. The lowest BCUT2D eigenvalue weighted by Crippen LogP contribution is -2.11. The maximum atomic E-state index is 10.6. The molecule has 17 heavy (non-hydrogen) atoms. The number of hydrogen-bond acceptors (Lipinski definition) is 4. The Hall–Kier alpha value is -1.47. The highest BCUT2D eigenvalue weighted by Gasteiger charge is 2.12. The SMILES string of the molecule is O=C(O)Cn1nnnc1-c1cc(Cl)cc(Br)c1. The van der Waals surface area contributed by atoms with Gasteiger partial charge in [0.2, 0.25) is 0 Å². The molecule has 0 saturated heterocycles. The molecule has 8 heteroatoms. The molecule has 0 radical (unpaired) electrons. The predicted octanol–water partition coefficient (Wildman–Crippen LogP) is 1.84. The molecule has 1 aromatic carbocycles. The van der Waals surface area contributed by atoms with Crippen LogP contribution in [0.2, 0.25) is 5.02 Å². The number of aromatic nitrogens is 4. The Morgan fingerprint density at radius 1 is 1.47 bits per heavy atom. The van der Waals surface area contributed by atoms with E-state index in [-0.39, 0.29) is 6.54 Å². The van der Waals surface area contributed by atoms with Crippen LogP contribution in [0.3, 0.4) is 0 Å². The van der Waals surface area contributed by atoms with Crippen LogP contribution in [0.4, 0.5) is 0 Å².